The molecule has 0 spiro atoms. The van der Waals surface area contributed by atoms with Crippen LogP contribution in [-0.2, 0) is 0 Å². The topological polar surface area (TPSA) is 17.1 Å². The van der Waals surface area contributed by atoms with Gasteiger partial charge >= 0.3 is 0 Å². The molecule has 1 nitrogen and oxygen atoms in total. The third kappa shape index (κ3) is 1.35. The van der Waals surface area contributed by atoms with Gasteiger partial charge in [0.05, 0.1) is 0 Å². The fraction of sp³-hybridized carbons (Fsp3) is 0.188. The zero-order valence-electron chi connectivity index (χ0n) is 10.3. The van der Waals surface area contributed by atoms with E-state index in [0.29, 0.717) is 0 Å². The third-order valence-electron chi connectivity index (χ3n) is 3.41. The van der Waals surface area contributed by atoms with Crippen LogP contribution in [0.15, 0.2) is 30.3 Å². The van der Waals surface area contributed by atoms with Gasteiger partial charge in [0.25, 0.3) is 0 Å². The molecule has 84 valence electrons. The highest BCUT2D eigenvalue weighted by atomic mass is 16.1. The van der Waals surface area contributed by atoms with Gasteiger partial charge in [0.15, 0.2) is 5.78 Å². The molecule has 0 unspecified atom stereocenters. The Morgan fingerprint density at radius 2 is 1.47 bits per heavy atom. The van der Waals surface area contributed by atoms with E-state index in [1.807, 2.05) is 26.0 Å². The fourth-order valence-electron chi connectivity index (χ4n) is 2.71. The van der Waals surface area contributed by atoms with Gasteiger partial charge in [-0.2, -0.15) is 0 Å². The molecule has 1 aliphatic rings. The molecule has 0 aliphatic heterocycles. The highest BCUT2D eigenvalue weighted by Gasteiger charge is 2.27. The normalized spacial score (nSPS) is 12.5. The van der Waals surface area contributed by atoms with E-state index < -0.39 is 0 Å². The number of ketones is 1. The molecule has 0 atom stereocenters. The van der Waals surface area contributed by atoms with Crippen LogP contribution in [0.3, 0.4) is 0 Å². The van der Waals surface area contributed by atoms with Crippen molar-refractivity contribution in [2.24, 2.45) is 0 Å². The van der Waals surface area contributed by atoms with Crippen molar-refractivity contribution in [2.75, 3.05) is 0 Å². The van der Waals surface area contributed by atoms with E-state index in [2.05, 4.69) is 25.1 Å². The number of benzene rings is 2. The summed E-state index contributed by atoms with van der Waals surface area (Å²) in [5, 5.41) is 0. The Bertz CT molecular complexity index is 651. The highest BCUT2D eigenvalue weighted by molar-refractivity contribution is 6.22. The van der Waals surface area contributed by atoms with E-state index in [-0.39, 0.29) is 5.78 Å². The van der Waals surface area contributed by atoms with Crippen LogP contribution in [0.25, 0.3) is 11.1 Å². The molecule has 1 aliphatic carbocycles. The summed E-state index contributed by atoms with van der Waals surface area (Å²) in [5.41, 5.74) is 7.41. The van der Waals surface area contributed by atoms with Crippen LogP contribution in [0, 0.1) is 20.8 Å². The molecule has 0 saturated carbocycles. The third-order valence-corrected chi connectivity index (χ3v) is 3.41. The summed E-state index contributed by atoms with van der Waals surface area (Å²) in [6, 6.07) is 10.3. The van der Waals surface area contributed by atoms with Crippen LogP contribution < -0.4 is 0 Å². The first-order valence-corrected chi connectivity index (χ1v) is 5.85. The predicted molar refractivity (Wildman–Crippen MR) is 69.5 cm³/mol. The Morgan fingerprint density at radius 1 is 0.765 bits per heavy atom. The average Bonchev–Trinajstić information content (AvgIpc) is 2.53. The smallest absolute Gasteiger partial charge is 0.194 e. The van der Waals surface area contributed by atoms with Gasteiger partial charge in [-0.05, 0) is 49.6 Å². The summed E-state index contributed by atoms with van der Waals surface area (Å²) >= 11 is 0. The molecule has 0 amide bonds. The lowest BCUT2D eigenvalue weighted by Gasteiger charge is -2.06. The SMILES string of the molecule is Cc1ccc2c(c1)C(=O)c1cc(C)cc(C)c1-2. The van der Waals surface area contributed by atoms with Gasteiger partial charge in [-0.1, -0.05) is 29.3 Å². The summed E-state index contributed by atoms with van der Waals surface area (Å²) < 4.78 is 0. The molecule has 0 aromatic heterocycles. The van der Waals surface area contributed by atoms with Crippen LogP contribution in [-0.4, -0.2) is 5.78 Å². The maximum atomic E-state index is 12.3. The van der Waals surface area contributed by atoms with E-state index in [1.165, 1.54) is 5.56 Å². The summed E-state index contributed by atoms with van der Waals surface area (Å²) in [6.45, 7) is 6.14. The molecule has 0 heterocycles. The first-order valence-electron chi connectivity index (χ1n) is 5.85. The van der Waals surface area contributed by atoms with Crippen LogP contribution in [0.1, 0.15) is 32.6 Å². The van der Waals surface area contributed by atoms with Crippen LogP contribution >= 0.6 is 0 Å². The minimum absolute atomic E-state index is 0.172. The summed E-state index contributed by atoms with van der Waals surface area (Å²) in [7, 11) is 0. The summed E-state index contributed by atoms with van der Waals surface area (Å²) in [5.74, 6) is 0.172. The molecule has 0 fully saturated rings. The number of hydrogen-bond acceptors (Lipinski definition) is 1. The highest BCUT2D eigenvalue weighted by Crippen LogP contribution is 2.39. The zero-order valence-corrected chi connectivity index (χ0v) is 10.3. The second-order valence-corrected chi connectivity index (χ2v) is 4.88. The molecule has 0 bridgehead atoms. The van der Waals surface area contributed by atoms with E-state index >= 15 is 0 Å². The molecule has 2 aromatic carbocycles. The largest absolute Gasteiger partial charge is 0.289 e. The molecular formula is C16H14O. The van der Waals surface area contributed by atoms with Crippen molar-refractivity contribution < 1.29 is 4.79 Å². The minimum atomic E-state index is 0.172. The number of aryl methyl sites for hydroxylation is 3. The Labute approximate surface area is 101 Å². The molecule has 0 N–H and O–H groups in total. The Kier molecular flexibility index (Phi) is 1.99. The van der Waals surface area contributed by atoms with Crippen LogP contribution in [0.2, 0.25) is 0 Å². The van der Waals surface area contributed by atoms with E-state index in [9.17, 15) is 4.79 Å². The molecule has 3 rings (SSSR count). The Hall–Kier alpha value is -1.89. The lowest BCUT2D eigenvalue weighted by atomic mass is 9.98. The lowest BCUT2D eigenvalue weighted by molar-refractivity contribution is 0.104. The maximum absolute atomic E-state index is 12.3. The Balaban J connectivity index is 2.39. The van der Waals surface area contributed by atoms with Gasteiger partial charge in [0.2, 0.25) is 0 Å². The van der Waals surface area contributed by atoms with Crippen molar-refractivity contribution in [3.8, 4) is 11.1 Å². The van der Waals surface area contributed by atoms with Gasteiger partial charge < -0.3 is 0 Å². The number of rotatable bonds is 0. The van der Waals surface area contributed by atoms with Crippen molar-refractivity contribution in [3.05, 3.63) is 58.1 Å². The predicted octanol–water partition coefficient (Wildman–Crippen LogP) is 3.82. The second-order valence-electron chi connectivity index (χ2n) is 4.88. The standard InChI is InChI=1S/C16H14O/c1-9-4-5-12-13(7-9)16(17)14-8-10(2)6-11(3)15(12)14/h4-8H,1-3H3. The molecular weight excluding hydrogens is 208 g/mol. The second kappa shape index (κ2) is 3.30. The number of fused-ring (bicyclic) bond motifs is 3. The average molecular weight is 222 g/mol. The van der Waals surface area contributed by atoms with Gasteiger partial charge in [-0.25, -0.2) is 0 Å². The molecule has 2 aromatic rings. The number of carbonyl (C=O) groups excluding carboxylic acids is 1. The molecule has 17 heavy (non-hydrogen) atoms. The van der Waals surface area contributed by atoms with Gasteiger partial charge in [-0.3, -0.25) is 4.79 Å². The maximum Gasteiger partial charge on any atom is 0.194 e. The van der Waals surface area contributed by atoms with Crippen LogP contribution in [0.5, 0.6) is 0 Å². The van der Waals surface area contributed by atoms with Crippen molar-refractivity contribution in [3.63, 3.8) is 0 Å². The minimum Gasteiger partial charge on any atom is -0.289 e. The van der Waals surface area contributed by atoms with Gasteiger partial charge in [-0.15, -0.1) is 0 Å². The van der Waals surface area contributed by atoms with Crippen LogP contribution in [0.4, 0.5) is 0 Å². The van der Waals surface area contributed by atoms with Gasteiger partial charge in [0.1, 0.15) is 0 Å². The van der Waals surface area contributed by atoms with Crippen molar-refractivity contribution in [1.29, 1.82) is 0 Å². The fourth-order valence-corrected chi connectivity index (χ4v) is 2.71. The van der Waals surface area contributed by atoms with Crippen molar-refractivity contribution in [1.82, 2.24) is 0 Å². The molecule has 0 saturated heterocycles. The lowest BCUT2D eigenvalue weighted by Crippen LogP contribution is -1.96. The van der Waals surface area contributed by atoms with Gasteiger partial charge in [0, 0.05) is 11.1 Å². The van der Waals surface area contributed by atoms with Crippen molar-refractivity contribution >= 4 is 5.78 Å². The first kappa shape index (κ1) is 10.3. The monoisotopic (exact) mass is 222 g/mol. The summed E-state index contributed by atoms with van der Waals surface area (Å²) in [4.78, 5) is 12.3. The number of carbonyl (C=O) groups is 1. The number of hydrogen-bond donors (Lipinski definition) is 0. The molecule has 1 heteroatoms. The molecule has 0 radical (unpaired) electrons. The zero-order chi connectivity index (χ0) is 12.2. The van der Waals surface area contributed by atoms with E-state index in [0.717, 1.165) is 33.4 Å². The van der Waals surface area contributed by atoms with Crippen molar-refractivity contribution in [2.45, 2.75) is 20.8 Å². The van der Waals surface area contributed by atoms with E-state index in [1.54, 1.807) is 0 Å². The summed E-state index contributed by atoms with van der Waals surface area (Å²) in [6.07, 6.45) is 0. The quantitative estimate of drug-likeness (QED) is 0.565. The van der Waals surface area contributed by atoms with E-state index in [4.69, 9.17) is 0 Å². The first-order chi connectivity index (χ1) is 8.08. The Morgan fingerprint density at radius 3 is 2.24 bits per heavy atom.